The SMILES string of the molecule is CN=C(NCCN1CCOCC1)NCc1cc(F)ccc1Br.I. The Hall–Kier alpha value is -0.450. The highest BCUT2D eigenvalue weighted by atomic mass is 127. The molecule has 0 saturated carbocycles. The van der Waals surface area contributed by atoms with Gasteiger partial charge >= 0.3 is 0 Å². The summed E-state index contributed by atoms with van der Waals surface area (Å²) < 4.78 is 19.5. The number of rotatable bonds is 5. The molecule has 0 unspecified atom stereocenters. The first-order valence-corrected chi connectivity index (χ1v) is 8.17. The summed E-state index contributed by atoms with van der Waals surface area (Å²) in [6.07, 6.45) is 0. The van der Waals surface area contributed by atoms with Crippen molar-refractivity contribution < 1.29 is 9.13 Å². The summed E-state index contributed by atoms with van der Waals surface area (Å²) in [4.78, 5) is 6.53. The Morgan fingerprint density at radius 1 is 1.35 bits per heavy atom. The van der Waals surface area contributed by atoms with Gasteiger partial charge in [-0.2, -0.15) is 0 Å². The number of guanidine groups is 1. The molecule has 0 spiro atoms. The molecule has 0 aromatic heterocycles. The summed E-state index contributed by atoms with van der Waals surface area (Å²) in [7, 11) is 1.73. The molecular weight excluding hydrogens is 478 g/mol. The Bertz CT molecular complexity index is 512. The van der Waals surface area contributed by atoms with Gasteiger partial charge in [-0.25, -0.2) is 4.39 Å². The second-order valence-corrected chi connectivity index (χ2v) is 5.90. The van der Waals surface area contributed by atoms with E-state index in [2.05, 4.69) is 36.5 Å². The molecule has 1 aliphatic heterocycles. The lowest BCUT2D eigenvalue weighted by Crippen LogP contribution is -2.44. The average Bonchev–Trinajstić information content (AvgIpc) is 2.54. The Labute approximate surface area is 162 Å². The van der Waals surface area contributed by atoms with E-state index in [1.807, 2.05) is 0 Å². The number of halogens is 3. The molecule has 0 atom stereocenters. The molecule has 23 heavy (non-hydrogen) atoms. The van der Waals surface area contributed by atoms with Crippen molar-refractivity contribution in [3.63, 3.8) is 0 Å². The highest BCUT2D eigenvalue weighted by Crippen LogP contribution is 2.17. The van der Waals surface area contributed by atoms with Gasteiger partial charge in [-0.05, 0) is 23.8 Å². The number of nitrogens with zero attached hydrogens (tertiary/aromatic N) is 2. The lowest BCUT2D eigenvalue weighted by Gasteiger charge is -2.26. The maximum Gasteiger partial charge on any atom is 0.191 e. The van der Waals surface area contributed by atoms with Crippen LogP contribution in [0.4, 0.5) is 4.39 Å². The smallest absolute Gasteiger partial charge is 0.191 e. The van der Waals surface area contributed by atoms with E-state index in [9.17, 15) is 4.39 Å². The van der Waals surface area contributed by atoms with Gasteiger partial charge in [0.2, 0.25) is 0 Å². The summed E-state index contributed by atoms with van der Waals surface area (Å²) in [5.41, 5.74) is 0.858. The molecule has 1 saturated heterocycles. The van der Waals surface area contributed by atoms with Crippen LogP contribution in [0.2, 0.25) is 0 Å². The topological polar surface area (TPSA) is 48.9 Å². The maximum atomic E-state index is 13.3. The lowest BCUT2D eigenvalue weighted by atomic mass is 10.2. The van der Waals surface area contributed by atoms with Crippen LogP contribution in [0.3, 0.4) is 0 Å². The number of benzene rings is 1. The second-order valence-electron chi connectivity index (χ2n) is 5.04. The van der Waals surface area contributed by atoms with Crippen LogP contribution in [0.5, 0.6) is 0 Å². The van der Waals surface area contributed by atoms with Crippen LogP contribution in [0.15, 0.2) is 27.7 Å². The zero-order chi connectivity index (χ0) is 15.8. The summed E-state index contributed by atoms with van der Waals surface area (Å²) in [5.74, 6) is 0.472. The van der Waals surface area contributed by atoms with Crippen LogP contribution in [0, 0.1) is 5.82 Å². The third kappa shape index (κ3) is 7.32. The molecule has 0 bridgehead atoms. The van der Waals surface area contributed by atoms with Crippen LogP contribution >= 0.6 is 39.9 Å². The van der Waals surface area contributed by atoms with Gasteiger partial charge in [0.05, 0.1) is 13.2 Å². The van der Waals surface area contributed by atoms with Crippen molar-refractivity contribution in [2.24, 2.45) is 4.99 Å². The van der Waals surface area contributed by atoms with Crippen LogP contribution in [-0.4, -0.2) is 57.3 Å². The fourth-order valence-electron chi connectivity index (χ4n) is 2.24. The van der Waals surface area contributed by atoms with Crippen LogP contribution in [-0.2, 0) is 11.3 Å². The van der Waals surface area contributed by atoms with Crippen molar-refractivity contribution in [2.45, 2.75) is 6.54 Å². The molecule has 5 nitrogen and oxygen atoms in total. The third-order valence-corrected chi connectivity index (χ3v) is 4.28. The normalized spacial score (nSPS) is 15.9. The van der Waals surface area contributed by atoms with Gasteiger partial charge < -0.3 is 15.4 Å². The first kappa shape index (κ1) is 20.6. The van der Waals surface area contributed by atoms with Gasteiger partial charge in [0.15, 0.2) is 5.96 Å². The third-order valence-electron chi connectivity index (χ3n) is 3.50. The van der Waals surface area contributed by atoms with Gasteiger partial charge in [0, 0.05) is 44.2 Å². The number of hydrogen-bond donors (Lipinski definition) is 2. The van der Waals surface area contributed by atoms with Gasteiger partial charge in [-0.3, -0.25) is 9.89 Å². The maximum absolute atomic E-state index is 13.3. The summed E-state index contributed by atoms with van der Waals surface area (Å²) in [5, 5.41) is 6.46. The number of hydrogen-bond acceptors (Lipinski definition) is 3. The van der Waals surface area contributed by atoms with Crippen molar-refractivity contribution in [2.75, 3.05) is 46.4 Å². The van der Waals surface area contributed by atoms with Crippen molar-refractivity contribution in [3.8, 4) is 0 Å². The number of ether oxygens (including phenoxy) is 1. The first-order chi connectivity index (χ1) is 10.7. The molecule has 0 amide bonds. The largest absolute Gasteiger partial charge is 0.379 e. The quantitative estimate of drug-likeness (QED) is 0.370. The fourth-order valence-corrected chi connectivity index (χ4v) is 2.62. The van der Waals surface area contributed by atoms with Crippen molar-refractivity contribution in [1.29, 1.82) is 0 Å². The van der Waals surface area contributed by atoms with Crippen molar-refractivity contribution >= 4 is 45.9 Å². The highest BCUT2D eigenvalue weighted by Gasteiger charge is 2.09. The summed E-state index contributed by atoms with van der Waals surface area (Å²) >= 11 is 3.42. The van der Waals surface area contributed by atoms with E-state index in [0.29, 0.717) is 12.5 Å². The molecule has 2 rings (SSSR count). The zero-order valence-electron chi connectivity index (χ0n) is 13.1. The predicted octanol–water partition coefficient (Wildman–Crippen LogP) is 2.20. The zero-order valence-corrected chi connectivity index (χ0v) is 17.1. The van der Waals surface area contributed by atoms with Gasteiger partial charge in [0.1, 0.15) is 5.82 Å². The first-order valence-electron chi connectivity index (χ1n) is 7.37. The predicted molar refractivity (Wildman–Crippen MR) is 105 cm³/mol. The fraction of sp³-hybridized carbons (Fsp3) is 0.533. The standard InChI is InChI=1S/C15H22BrFN4O.HI/c1-18-15(19-4-5-21-6-8-22-9-7-21)20-11-12-10-13(17)2-3-14(12)16;/h2-3,10H,4-9,11H2,1H3,(H2,18,19,20);1H. The molecule has 2 N–H and O–H groups in total. The van der Waals surface area contributed by atoms with Gasteiger partial charge in [-0.15, -0.1) is 24.0 Å². The van der Waals surface area contributed by atoms with Gasteiger partial charge in [0.25, 0.3) is 0 Å². The molecule has 1 aromatic rings. The van der Waals surface area contributed by atoms with E-state index < -0.39 is 0 Å². The van der Waals surface area contributed by atoms with E-state index in [1.165, 1.54) is 12.1 Å². The van der Waals surface area contributed by atoms with E-state index in [0.717, 1.165) is 49.4 Å². The molecule has 0 radical (unpaired) electrons. The minimum Gasteiger partial charge on any atom is -0.379 e. The van der Waals surface area contributed by atoms with E-state index in [-0.39, 0.29) is 29.8 Å². The second kappa shape index (κ2) is 11.2. The number of aliphatic imine (C=N–C) groups is 1. The minimum atomic E-state index is -0.240. The summed E-state index contributed by atoms with van der Waals surface area (Å²) in [6.45, 7) is 5.84. The Balaban J connectivity index is 0.00000264. The van der Waals surface area contributed by atoms with E-state index in [4.69, 9.17) is 4.74 Å². The molecule has 130 valence electrons. The molecule has 1 fully saturated rings. The van der Waals surface area contributed by atoms with Gasteiger partial charge in [-0.1, -0.05) is 15.9 Å². The van der Waals surface area contributed by atoms with E-state index in [1.54, 1.807) is 13.1 Å². The highest BCUT2D eigenvalue weighted by molar-refractivity contribution is 14.0. The lowest BCUT2D eigenvalue weighted by molar-refractivity contribution is 0.0389. The Kier molecular flexibility index (Phi) is 10.00. The summed E-state index contributed by atoms with van der Waals surface area (Å²) in [6, 6.07) is 4.65. The minimum absolute atomic E-state index is 0. The van der Waals surface area contributed by atoms with Crippen LogP contribution in [0.1, 0.15) is 5.56 Å². The molecular formula is C15H23BrFIN4O. The Morgan fingerprint density at radius 3 is 2.78 bits per heavy atom. The Morgan fingerprint density at radius 2 is 2.09 bits per heavy atom. The van der Waals surface area contributed by atoms with Crippen LogP contribution in [0.25, 0.3) is 0 Å². The van der Waals surface area contributed by atoms with Crippen molar-refractivity contribution in [3.05, 3.63) is 34.1 Å². The molecule has 1 heterocycles. The van der Waals surface area contributed by atoms with Crippen molar-refractivity contribution in [1.82, 2.24) is 15.5 Å². The molecule has 8 heteroatoms. The number of nitrogens with one attached hydrogen (secondary N) is 2. The monoisotopic (exact) mass is 500 g/mol. The molecule has 1 aromatic carbocycles. The average molecular weight is 501 g/mol. The number of morpholine rings is 1. The van der Waals surface area contributed by atoms with Crippen LogP contribution < -0.4 is 10.6 Å². The van der Waals surface area contributed by atoms with E-state index >= 15 is 0 Å². The molecule has 0 aliphatic carbocycles. The molecule has 1 aliphatic rings.